The van der Waals surface area contributed by atoms with Gasteiger partial charge in [0.1, 0.15) is 17.8 Å². The molecule has 1 aromatic carbocycles. The van der Waals surface area contributed by atoms with Crippen molar-refractivity contribution >= 4 is 5.82 Å². The van der Waals surface area contributed by atoms with E-state index in [4.69, 9.17) is 0 Å². The number of rotatable bonds is 3. The Bertz CT molecular complexity index is 742. The average Bonchev–Trinajstić information content (AvgIpc) is 3.04. The summed E-state index contributed by atoms with van der Waals surface area (Å²) in [5.41, 5.74) is 2.61. The van der Waals surface area contributed by atoms with Crippen molar-refractivity contribution in [1.29, 1.82) is 0 Å². The molecule has 1 aromatic heterocycles. The lowest BCUT2D eigenvalue weighted by atomic mass is 9.88. The zero-order chi connectivity index (χ0) is 16.8. The number of imidazole rings is 1. The Kier molecular flexibility index (Phi) is 3.71. The molecule has 23 heavy (non-hydrogen) atoms. The van der Waals surface area contributed by atoms with Crippen LogP contribution in [0.3, 0.4) is 0 Å². The Morgan fingerprint density at radius 1 is 1.09 bits per heavy atom. The molecule has 0 amide bonds. The van der Waals surface area contributed by atoms with E-state index in [2.05, 4.69) is 90.8 Å². The molecule has 4 heteroatoms. The fourth-order valence-electron chi connectivity index (χ4n) is 3.58. The van der Waals surface area contributed by atoms with Gasteiger partial charge in [-0.25, -0.2) is 4.98 Å². The molecule has 2 heterocycles. The maximum Gasteiger partial charge on any atom is 0.134 e. The Hall–Kier alpha value is -2.23. The van der Waals surface area contributed by atoms with Gasteiger partial charge >= 0.3 is 0 Å². The van der Waals surface area contributed by atoms with Crippen LogP contribution in [0, 0.1) is 13.8 Å². The summed E-state index contributed by atoms with van der Waals surface area (Å²) in [5, 5.41) is 0. The van der Waals surface area contributed by atoms with Crippen LogP contribution in [-0.2, 0) is 12.6 Å². The third-order valence-electron chi connectivity index (χ3n) is 5.10. The summed E-state index contributed by atoms with van der Waals surface area (Å²) in [6.45, 7) is 11.0. The van der Waals surface area contributed by atoms with Gasteiger partial charge in [0.2, 0.25) is 0 Å². The summed E-state index contributed by atoms with van der Waals surface area (Å²) < 4.78 is 2.13. The van der Waals surface area contributed by atoms with E-state index in [1.807, 2.05) is 13.1 Å². The molecule has 3 rings (SSSR count). The molecular weight excluding hydrogens is 284 g/mol. The normalized spacial score (nSPS) is 18.1. The molecule has 0 unspecified atom stereocenters. The molecule has 0 saturated carbocycles. The summed E-state index contributed by atoms with van der Waals surface area (Å²) in [6, 6.07) is 8.64. The largest absolute Gasteiger partial charge is 0.347 e. The van der Waals surface area contributed by atoms with Crippen LogP contribution in [0.15, 0.2) is 42.9 Å². The Morgan fingerprint density at radius 2 is 1.78 bits per heavy atom. The fraction of sp³-hybridized carbons (Fsp3) is 0.421. The van der Waals surface area contributed by atoms with Crippen LogP contribution < -0.4 is 4.90 Å². The van der Waals surface area contributed by atoms with E-state index < -0.39 is 0 Å². The van der Waals surface area contributed by atoms with Crippen LogP contribution in [0.1, 0.15) is 37.7 Å². The lowest BCUT2D eigenvalue weighted by Crippen LogP contribution is -2.46. The van der Waals surface area contributed by atoms with E-state index in [1.165, 1.54) is 11.1 Å². The molecule has 1 atom stereocenters. The van der Waals surface area contributed by atoms with E-state index >= 15 is 0 Å². The second-order valence-corrected chi connectivity index (χ2v) is 6.84. The predicted molar refractivity (Wildman–Crippen MR) is 95.1 cm³/mol. The zero-order valence-corrected chi connectivity index (χ0v) is 14.9. The Morgan fingerprint density at radius 3 is 2.39 bits per heavy atom. The molecule has 0 fully saturated rings. The van der Waals surface area contributed by atoms with Crippen LogP contribution in [0.2, 0.25) is 0 Å². The minimum absolute atomic E-state index is 0.0797. The van der Waals surface area contributed by atoms with E-state index in [1.54, 1.807) is 0 Å². The molecule has 0 spiro atoms. The lowest BCUT2D eigenvalue weighted by Gasteiger charge is -2.42. The van der Waals surface area contributed by atoms with Gasteiger partial charge < -0.3 is 14.4 Å². The van der Waals surface area contributed by atoms with Gasteiger partial charge in [0.15, 0.2) is 0 Å². The minimum atomic E-state index is -0.0797. The molecule has 2 aromatic rings. The smallest absolute Gasteiger partial charge is 0.134 e. The monoisotopic (exact) mass is 310 g/mol. The van der Waals surface area contributed by atoms with Crippen LogP contribution in [-0.4, -0.2) is 20.6 Å². The van der Waals surface area contributed by atoms with Crippen molar-refractivity contribution in [2.45, 2.75) is 46.3 Å². The van der Waals surface area contributed by atoms with Gasteiger partial charge in [-0.2, -0.15) is 0 Å². The standard InChI is InChI=1S/C19H26N4/c1-14-9-7-8-10-17(14)19(4,5)23-12-11-22(16(23)3)18-13-20-15(2)21(18)6/h7-13,16H,1-6H3/t16-/m1/s1. The van der Waals surface area contributed by atoms with Gasteiger partial charge in [0.05, 0.1) is 11.7 Å². The van der Waals surface area contributed by atoms with E-state index in [-0.39, 0.29) is 11.7 Å². The first-order chi connectivity index (χ1) is 10.8. The van der Waals surface area contributed by atoms with Gasteiger partial charge in [0.25, 0.3) is 0 Å². The number of nitrogens with zero attached hydrogens (tertiary/aromatic N) is 4. The van der Waals surface area contributed by atoms with Crippen molar-refractivity contribution in [3.63, 3.8) is 0 Å². The number of anilines is 1. The average molecular weight is 310 g/mol. The summed E-state index contributed by atoms with van der Waals surface area (Å²) in [6.07, 6.45) is 6.53. The van der Waals surface area contributed by atoms with Crippen molar-refractivity contribution in [2.75, 3.05) is 4.90 Å². The lowest BCUT2D eigenvalue weighted by molar-refractivity contribution is 0.152. The van der Waals surface area contributed by atoms with Gasteiger partial charge in [0, 0.05) is 19.4 Å². The zero-order valence-electron chi connectivity index (χ0n) is 14.9. The Balaban J connectivity index is 1.93. The predicted octanol–water partition coefficient (Wildman–Crippen LogP) is 3.91. The minimum Gasteiger partial charge on any atom is -0.347 e. The summed E-state index contributed by atoms with van der Waals surface area (Å²) in [7, 11) is 2.06. The number of benzene rings is 1. The SMILES string of the molecule is Cc1ccccc1C(C)(C)N1C=CN(c2cnc(C)n2C)[C@H]1C. The van der Waals surface area contributed by atoms with Crippen molar-refractivity contribution in [2.24, 2.45) is 7.05 Å². The second kappa shape index (κ2) is 5.44. The molecule has 0 aliphatic carbocycles. The van der Waals surface area contributed by atoms with Crippen molar-refractivity contribution < 1.29 is 0 Å². The van der Waals surface area contributed by atoms with Crippen LogP contribution in [0.5, 0.6) is 0 Å². The van der Waals surface area contributed by atoms with Gasteiger partial charge in [-0.05, 0) is 45.7 Å². The van der Waals surface area contributed by atoms with E-state index in [0.717, 1.165) is 11.6 Å². The van der Waals surface area contributed by atoms with Gasteiger partial charge in [-0.1, -0.05) is 24.3 Å². The van der Waals surface area contributed by atoms with Crippen LogP contribution in [0.4, 0.5) is 5.82 Å². The first kappa shape index (κ1) is 15.7. The molecule has 0 N–H and O–H groups in total. The van der Waals surface area contributed by atoms with Crippen molar-refractivity contribution in [3.05, 3.63) is 59.8 Å². The first-order valence-electron chi connectivity index (χ1n) is 8.13. The maximum absolute atomic E-state index is 4.42. The van der Waals surface area contributed by atoms with Crippen LogP contribution >= 0.6 is 0 Å². The van der Waals surface area contributed by atoms with Crippen molar-refractivity contribution in [1.82, 2.24) is 14.5 Å². The molecule has 4 nitrogen and oxygen atoms in total. The molecule has 0 radical (unpaired) electrons. The highest BCUT2D eigenvalue weighted by Gasteiger charge is 2.36. The number of hydrogen-bond acceptors (Lipinski definition) is 3. The van der Waals surface area contributed by atoms with Gasteiger partial charge in [-0.15, -0.1) is 0 Å². The molecular formula is C19H26N4. The van der Waals surface area contributed by atoms with E-state index in [9.17, 15) is 0 Å². The molecule has 1 aliphatic rings. The summed E-state index contributed by atoms with van der Waals surface area (Å²) in [4.78, 5) is 9.12. The Labute approximate surface area is 139 Å². The molecule has 1 aliphatic heterocycles. The molecule has 0 bridgehead atoms. The fourth-order valence-corrected chi connectivity index (χ4v) is 3.58. The number of aromatic nitrogens is 2. The van der Waals surface area contributed by atoms with Gasteiger partial charge in [-0.3, -0.25) is 0 Å². The third-order valence-corrected chi connectivity index (χ3v) is 5.10. The summed E-state index contributed by atoms with van der Waals surface area (Å²) in [5.74, 6) is 2.14. The van der Waals surface area contributed by atoms with E-state index in [0.29, 0.717) is 0 Å². The highest BCUT2D eigenvalue weighted by Crippen LogP contribution is 2.37. The maximum atomic E-state index is 4.42. The number of hydrogen-bond donors (Lipinski definition) is 0. The summed E-state index contributed by atoms with van der Waals surface area (Å²) >= 11 is 0. The molecule has 122 valence electrons. The highest BCUT2D eigenvalue weighted by molar-refractivity contribution is 5.46. The van der Waals surface area contributed by atoms with Crippen molar-refractivity contribution in [3.8, 4) is 0 Å². The number of aryl methyl sites for hydroxylation is 2. The quantitative estimate of drug-likeness (QED) is 0.859. The third kappa shape index (κ3) is 2.42. The topological polar surface area (TPSA) is 24.3 Å². The van der Waals surface area contributed by atoms with Crippen LogP contribution in [0.25, 0.3) is 0 Å². The first-order valence-corrected chi connectivity index (χ1v) is 8.13. The highest BCUT2D eigenvalue weighted by atomic mass is 15.4. The second-order valence-electron chi connectivity index (χ2n) is 6.84. The molecule has 0 saturated heterocycles.